The summed E-state index contributed by atoms with van der Waals surface area (Å²) in [5.41, 5.74) is 1.76. The normalized spacial score (nSPS) is 13.0. The molecule has 0 radical (unpaired) electrons. The number of nitrogens with zero attached hydrogens (tertiary/aromatic N) is 1. The Balaban J connectivity index is 1.82. The standard InChI is InChI=1S/C17H19N3O2S2/c1-2-22-16(21)14-11-7-3-4-8-12(11)24-15(14)20-17(23)19-13-9-5-6-10-18-13/h5-6,9-10H,2-4,7-8H2,1H3,(H2,18,19,20,23). The number of carbonyl (C=O) groups excluding carboxylic acids is 1. The summed E-state index contributed by atoms with van der Waals surface area (Å²) < 4.78 is 5.24. The summed E-state index contributed by atoms with van der Waals surface area (Å²) >= 11 is 6.96. The largest absolute Gasteiger partial charge is 0.462 e. The fourth-order valence-corrected chi connectivity index (χ4v) is 4.31. The van der Waals surface area contributed by atoms with E-state index in [2.05, 4.69) is 15.6 Å². The molecule has 3 rings (SSSR count). The van der Waals surface area contributed by atoms with Crippen molar-refractivity contribution < 1.29 is 9.53 Å². The second-order valence-corrected chi connectivity index (χ2v) is 6.94. The highest BCUT2D eigenvalue weighted by molar-refractivity contribution is 7.80. The molecule has 0 unspecified atom stereocenters. The van der Waals surface area contributed by atoms with Crippen LogP contribution in [0.3, 0.4) is 0 Å². The van der Waals surface area contributed by atoms with Gasteiger partial charge in [-0.2, -0.15) is 0 Å². The highest BCUT2D eigenvalue weighted by Gasteiger charge is 2.26. The van der Waals surface area contributed by atoms with E-state index in [-0.39, 0.29) is 5.97 Å². The minimum absolute atomic E-state index is 0.278. The van der Waals surface area contributed by atoms with E-state index >= 15 is 0 Å². The lowest BCUT2D eigenvalue weighted by atomic mass is 9.95. The number of aryl methyl sites for hydroxylation is 1. The van der Waals surface area contributed by atoms with Crippen molar-refractivity contribution in [3.8, 4) is 0 Å². The molecule has 1 aliphatic carbocycles. The molecule has 0 amide bonds. The van der Waals surface area contributed by atoms with Crippen LogP contribution in [0.15, 0.2) is 24.4 Å². The van der Waals surface area contributed by atoms with Crippen LogP contribution in [0.25, 0.3) is 0 Å². The minimum atomic E-state index is -0.278. The van der Waals surface area contributed by atoms with E-state index in [9.17, 15) is 4.79 Å². The Kier molecular flexibility index (Phi) is 5.42. The molecule has 1 aliphatic rings. The van der Waals surface area contributed by atoms with E-state index in [0.29, 0.717) is 23.1 Å². The van der Waals surface area contributed by atoms with E-state index in [1.54, 1.807) is 17.5 Å². The van der Waals surface area contributed by atoms with Crippen molar-refractivity contribution in [2.24, 2.45) is 0 Å². The highest BCUT2D eigenvalue weighted by Crippen LogP contribution is 2.38. The number of thiocarbonyl (C=S) groups is 1. The smallest absolute Gasteiger partial charge is 0.341 e. The molecular weight excluding hydrogens is 342 g/mol. The Hall–Kier alpha value is -1.99. The average Bonchev–Trinajstić information content (AvgIpc) is 2.93. The van der Waals surface area contributed by atoms with Crippen LogP contribution in [0.1, 0.15) is 40.6 Å². The van der Waals surface area contributed by atoms with Gasteiger partial charge in [-0.05, 0) is 62.5 Å². The summed E-state index contributed by atoms with van der Waals surface area (Å²) in [7, 11) is 0. The Labute approximate surface area is 150 Å². The van der Waals surface area contributed by atoms with Crippen molar-refractivity contribution in [1.82, 2.24) is 4.98 Å². The lowest BCUT2D eigenvalue weighted by molar-refractivity contribution is 0.0526. The molecule has 7 heteroatoms. The molecule has 0 bridgehead atoms. The third-order valence-corrected chi connectivity index (χ3v) is 5.20. The number of aromatic nitrogens is 1. The summed E-state index contributed by atoms with van der Waals surface area (Å²) in [5, 5.41) is 7.36. The number of hydrogen-bond acceptors (Lipinski definition) is 5. The summed E-state index contributed by atoms with van der Waals surface area (Å²) in [4.78, 5) is 17.8. The van der Waals surface area contributed by atoms with Crippen LogP contribution >= 0.6 is 23.6 Å². The van der Waals surface area contributed by atoms with Crippen LogP contribution in [-0.4, -0.2) is 22.7 Å². The van der Waals surface area contributed by atoms with Crippen molar-refractivity contribution >= 4 is 45.5 Å². The average molecular weight is 361 g/mol. The third kappa shape index (κ3) is 3.73. The lowest BCUT2D eigenvalue weighted by Crippen LogP contribution is -2.21. The Bertz CT molecular complexity index is 744. The van der Waals surface area contributed by atoms with Crippen LogP contribution in [-0.2, 0) is 17.6 Å². The van der Waals surface area contributed by atoms with Crippen molar-refractivity contribution in [2.45, 2.75) is 32.6 Å². The molecule has 0 atom stereocenters. The molecule has 2 N–H and O–H groups in total. The lowest BCUT2D eigenvalue weighted by Gasteiger charge is -2.13. The first kappa shape index (κ1) is 16.9. The number of nitrogens with one attached hydrogen (secondary N) is 2. The van der Waals surface area contributed by atoms with E-state index in [1.165, 1.54) is 4.88 Å². The number of rotatable bonds is 4. The van der Waals surface area contributed by atoms with Crippen LogP contribution in [0.5, 0.6) is 0 Å². The topological polar surface area (TPSA) is 63.2 Å². The van der Waals surface area contributed by atoms with Gasteiger partial charge in [0.1, 0.15) is 10.8 Å². The molecule has 2 aromatic heterocycles. The highest BCUT2D eigenvalue weighted by atomic mass is 32.1. The van der Waals surface area contributed by atoms with Gasteiger partial charge in [0.15, 0.2) is 5.11 Å². The van der Waals surface area contributed by atoms with E-state index in [4.69, 9.17) is 17.0 Å². The molecule has 2 aromatic rings. The number of fused-ring (bicyclic) bond motifs is 1. The van der Waals surface area contributed by atoms with Gasteiger partial charge in [-0.25, -0.2) is 9.78 Å². The van der Waals surface area contributed by atoms with Crippen LogP contribution in [0.2, 0.25) is 0 Å². The van der Waals surface area contributed by atoms with Gasteiger partial charge in [0.05, 0.1) is 12.2 Å². The van der Waals surface area contributed by atoms with Crippen molar-refractivity contribution in [3.05, 3.63) is 40.4 Å². The molecule has 0 aromatic carbocycles. The number of anilines is 2. The number of esters is 1. The summed E-state index contributed by atoms with van der Waals surface area (Å²) in [6.45, 7) is 2.18. The Morgan fingerprint density at radius 3 is 2.92 bits per heavy atom. The van der Waals surface area contributed by atoms with E-state index in [0.717, 1.165) is 36.2 Å². The van der Waals surface area contributed by atoms with Crippen LogP contribution in [0.4, 0.5) is 10.8 Å². The number of hydrogen-bond donors (Lipinski definition) is 2. The van der Waals surface area contributed by atoms with Crippen LogP contribution in [0, 0.1) is 0 Å². The van der Waals surface area contributed by atoms with Crippen LogP contribution < -0.4 is 10.6 Å². The predicted octanol–water partition coefficient (Wildman–Crippen LogP) is 4.01. The Morgan fingerprint density at radius 2 is 2.17 bits per heavy atom. The van der Waals surface area contributed by atoms with Gasteiger partial charge in [-0.1, -0.05) is 6.07 Å². The summed E-state index contributed by atoms with van der Waals surface area (Å²) in [5.74, 6) is 0.383. The molecule has 0 spiro atoms. The molecule has 126 valence electrons. The van der Waals surface area contributed by atoms with Crippen molar-refractivity contribution in [2.75, 3.05) is 17.2 Å². The fourth-order valence-electron chi connectivity index (χ4n) is 2.76. The predicted molar refractivity (Wildman–Crippen MR) is 101 cm³/mol. The zero-order valence-corrected chi connectivity index (χ0v) is 15.1. The monoisotopic (exact) mass is 361 g/mol. The maximum absolute atomic E-state index is 12.4. The molecular formula is C17H19N3O2S2. The maximum atomic E-state index is 12.4. The first-order valence-corrected chi connectivity index (χ1v) is 9.22. The summed E-state index contributed by atoms with van der Waals surface area (Å²) in [6.07, 6.45) is 5.88. The van der Waals surface area contributed by atoms with E-state index < -0.39 is 0 Å². The number of thiophene rings is 1. The fraction of sp³-hybridized carbons (Fsp3) is 0.353. The van der Waals surface area contributed by atoms with Gasteiger partial charge < -0.3 is 15.4 Å². The zero-order chi connectivity index (χ0) is 16.9. The van der Waals surface area contributed by atoms with Gasteiger partial charge in [-0.3, -0.25) is 0 Å². The summed E-state index contributed by atoms with van der Waals surface area (Å²) in [6, 6.07) is 5.55. The first-order valence-electron chi connectivity index (χ1n) is 7.99. The third-order valence-electron chi connectivity index (χ3n) is 3.78. The second kappa shape index (κ2) is 7.72. The maximum Gasteiger partial charge on any atom is 0.341 e. The molecule has 0 saturated carbocycles. The van der Waals surface area contributed by atoms with Gasteiger partial charge in [0, 0.05) is 11.1 Å². The quantitative estimate of drug-likeness (QED) is 0.634. The number of pyridine rings is 1. The number of carbonyl (C=O) groups is 1. The van der Waals surface area contributed by atoms with Crippen molar-refractivity contribution in [3.63, 3.8) is 0 Å². The van der Waals surface area contributed by atoms with E-state index in [1.807, 2.05) is 25.1 Å². The molecule has 0 fully saturated rings. The first-order chi connectivity index (χ1) is 11.7. The minimum Gasteiger partial charge on any atom is -0.462 e. The second-order valence-electron chi connectivity index (χ2n) is 5.43. The molecule has 24 heavy (non-hydrogen) atoms. The van der Waals surface area contributed by atoms with Gasteiger partial charge in [-0.15, -0.1) is 11.3 Å². The van der Waals surface area contributed by atoms with Crippen molar-refractivity contribution in [1.29, 1.82) is 0 Å². The molecule has 0 aliphatic heterocycles. The zero-order valence-electron chi connectivity index (χ0n) is 13.4. The molecule has 2 heterocycles. The van der Waals surface area contributed by atoms with Gasteiger partial charge >= 0.3 is 5.97 Å². The molecule has 5 nitrogen and oxygen atoms in total. The van der Waals surface area contributed by atoms with Gasteiger partial charge in [0.2, 0.25) is 0 Å². The van der Waals surface area contributed by atoms with Gasteiger partial charge in [0.25, 0.3) is 0 Å². The molecule has 0 saturated heterocycles. The number of ether oxygens (including phenoxy) is 1. The Morgan fingerprint density at radius 1 is 1.33 bits per heavy atom. The SMILES string of the molecule is CCOC(=O)c1c(NC(=S)Nc2ccccn2)sc2c1CCCC2.